The third kappa shape index (κ3) is 1.33. The van der Waals surface area contributed by atoms with E-state index in [-0.39, 0.29) is 30.5 Å². The van der Waals surface area contributed by atoms with Gasteiger partial charge in [0.15, 0.2) is 0 Å². The molecule has 0 amide bonds. The summed E-state index contributed by atoms with van der Waals surface area (Å²) < 4.78 is 2.29. The number of benzene rings is 1. The smallest absolute Gasteiger partial charge is 0.262 e. The van der Waals surface area contributed by atoms with Gasteiger partial charge in [0.25, 0.3) is 22.2 Å². The van der Waals surface area contributed by atoms with Gasteiger partial charge in [0.05, 0.1) is 21.5 Å². The summed E-state index contributed by atoms with van der Waals surface area (Å²) in [4.78, 5) is 48.4. The van der Waals surface area contributed by atoms with Gasteiger partial charge in [0.1, 0.15) is 0 Å². The van der Waals surface area contributed by atoms with Crippen molar-refractivity contribution in [1.29, 1.82) is 0 Å². The van der Waals surface area contributed by atoms with Gasteiger partial charge in [0, 0.05) is 23.0 Å². The molecular formula is C12H6Br2N2O4. The number of halogens is 2. The van der Waals surface area contributed by atoms with E-state index in [1.54, 1.807) is 0 Å². The molecule has 0 saturated carbocycles. The molecule has 0 bridgehead atoms. The Balaban J connectivity index is 2.94. The zero-order valence-corrected chi connectivity index (χ0v) is 13.5. The van der Waals surface area contributed by atoms with Crippen LogP contribution >= 0.6 is 31.9 Å². The molecule has 0 aliphatic rings. The van der Waals surface area contributed by atoms with Crippen molar-refractivity contribution in [2.24, 2.45) is 14.1 Å². The molecule has 0 N–H and O–H groups in total. The van der Waals surface area contributed by atoms with Crippen LogP contribution in [0.1, 0.15) is 0 Å². The first-order chi connectivity index (χ1) is 9.29. The summed E-state index contributed by atoms with van der Waals surface area (Å²) >= 11 is 6.38. The Kier molecular flexibility index (Phi) is 2.68. The van der Waals surface area contributed by atoms with Crippen molar-refractivity contribution in [3.8, 4) is 0 Å². The first-order valence-electron chi connectivity index (χ1n) is 5.48. The summed E-state index contributed by atoms with van der Waals surface area (Å²) in [5, 5.41) is 0.443. The molecule has 0 fully saturated rings. The van der Waals surface area contributed by atoms with Crippen LogP contribution < -0.4 is 22.2 Å². The highest BCUT2D eigenvalue weighted by atomic mass is 79.9. The summed E-state index contributed by atoms with van der Waals surface area (Å²) in [5.74, 6) is 0. The number of rotatable bonds is 0. The van der Waals surface area contributed by atoms with Gasteiger partial charge in [-0.05, 0) is 31.9 Å². The SMILES string of the molecule is Cn1c(=O)c2c(Br)c3c(=O)n(C)c(=O)c3c(Br)c2c1=O. The summed E-state index contributed by atoms with van der Waals surface area (Å²) in [6.45, 7) is 0. The van der Waals surface area contributed by atoms with Crippen molar-refractivity contribution in [3.05, 3.63) is 50.4 Å². The molecule has 0 aliphatic carbocycles. The molecule has 2 heterocycles. The molecule has 0 spiro atoms. The first kappa shape index (κ1) is 13.4. The second-order valence-corrected chi connectivity index (χ2v) is 6.05. The lowest BCUT2D eigenvalue weighted by Crippen LogP contribution is -2.22. The van der Waals surface area contributed by atoms with Gasteiger partial charge in [-0.1, -0.05) is 0 Å². The van der Waals surface area contributed by atoms with Crippen molar-refractivity contribution in [2.45, 2.75) is 0 Å². The number of fused-ring (bicyclic) bond motifs is 2. The monoisotopic (exact) mass is 400 g/mol. The van der Waals surface area contributed by atoms with Crippen LogP contribution in [0.2, 0.25) is 0 Å². The van der Waals surface area contributed by atoms with Crippen LogP contribution in [-0.2, 0) is 14.1 Å². The van der Waals surface area contributed by atoms with Gasteiger partial charge in [0.2, 0.25) is 0 Å². The zero-order chi connectivity index (χ0) is 14.9. The average molecular weight is 402 g/mol. The first-order valence-corrected chi connectivity index (χ1v) is 7.07. The Morgan fingerprint density at radius 1 is 0.600 bits per heavy atom. The molecule has 0 atom stereocenters. The molecule has 0 aliphatic heterocycles. The molecule has 1 aromatic carbocycles. The van der Waals surface area contributed by atoms with Gasteiger partial charge >= 0.3 is 0 Å². The minimum absolute atomic E-state index is 0.111. The lowest BCUT2D eigenvalue weighted by Gasteiger charge is -1.98. The molecule has 3 aromatic rings. The molecular weight excluding hydrogens is 396 g/mol. The summed E-state index contributed by atoms with van der Waals surface area (Å²) in [6, 6.07) is 0. The highest BCUT2D eigenvalue weighted by molar-refractivity contribution is 9.11. The third-order valence-electron chi connectivity index (χ3n) is 3.45. The van der Waals surface area contributed by atoms with E-state index in [0.29, 0.717) is 0 Å². The maximum atomic E-state index is 12.1. The molecule has 2 aromatic heterocycles. The van der Waals surface area contributed by atoms with Crippen LogP contribution in [0.3, 0.4) is 0 Å². The fourth-order valence-electron chi connectivity index (χ4n) is 2.35. The molecule has 0 radical (unpaired) electrons. The standard InChI is InChI=1S/C12H6Br2N2O4/c1-15-9(17)3-4(10(15)18)8(14)6-5(7(3)13)11(19)16(2)12(6)20/h1-2H3. The van der Waals surface area contributed by atoms with E-state index in [9.17, 15) is 19.2 Å². The Hall–Kier alpha value is -1.54. The van der Waals surface area contributed by atoms with E-state index in [4.69, 9.17) is 0 Å². The zero-order valence-electron chi connectivity index (χ0n) is 10.3. The molecule has 3 rings (SSSR count). The van der Waals surface area contributed by atoms with Crippen LogP contribution in [0.25, 0.3) is 21.5 Å². The maximum absolute atomic E-state index is 12.1. The summed E-state index contributed by atoms with van der Waals surface area (Å²) in [6.07, 6.45) is 0. The lowest BCUT2D eigenvalue weighted by atomic mass is 10.1. The molecule has 20 heavy (non-hydrogen) atoms. The summed E-state index contributed by atoms with van der Waals surface area (Å²) in [7, 11) is 2.70. The van der Waals surface area contributed by atoms with E-state index in [2.05, 4.69) is 31.9 Å². The van der Waals surface area contributed by atoms with E-state index in [0.717, 1.165) is 9.13 Å². The Morgan fingerprint density at radius 3 is 1.00 bits per heavy atom. The number of nitrogens with zero attached hydrogens (tertiary/aromatic N) is 2. The third-order valence-corrected chi connectivity index (χ3v) is 5.04. The van der Waals surface area contributed by atoms with E-state index < -0.39 is 22.2 Å². The maximum Gasteiger partial charge on any atom is 0.262 e. The largest absolute Gasteiger partial charge is 0.277 e. The second kappa shape index (κ2) is 3.98. The summed E-state index contributed by atoms with van der Waals surface area (Å²) in [5.41, 5.74) is -2.02. The number of hydrogen-bond donors (Lipinski definition) is 0. The van der Waals surface area contributed by atoms with E-state index in [1.807, 2.05) is 0 Å². The minimum atomic E-state index is -0.504. The van der Waals surface area contributed by atoms with Gasteiger partial charge in [-0.25, -0.2) is 0 Å². The van der Waals surface area contributed by atoms with Crippen LogP contribution in [0.4, 0.5) is 0 Å². The predicted octanol–water partition coefficient (Wildman–Crippen LogP) is 0.511. The predicted molar refractivity (Wildman–Crippen MR) is 82.2 cm³/mol. The Bertz CT molecular complexity index is 943. The van der Waals surface area contributed by atoms with Crippen molar-refractivity contribution >= 4 is 53.4 Å². The van der Waals surface area contributed by atoms with Crippen molar-refractivity contribution in [2.75, 3.05) is 0 Å². The normalized spacial score (nSPS) is 11.8. The molecule has 102 valence electrons. The van der Waals surface area contributed by atoms with Crippen molar-refractivity contribution in [3.63, 3.8) is 0 Å². The average Bonchev–Trinajstić information content (AvgIpc) is 2.77. The van der Waals surface area contributed by atoms with Gasteiger partial charge < -0.3 is 0 Å². The van der Waals surface area contributed by atoms with E-state index >= 15 is 0 Å². The van der Waals surface area contributed by atoms with Gasteiger partial charge in [-0.15, -0.1) is 0 Å². The topological polar surface area (TPSA) is 78.1 Å². The van der Waals surface area contributed by atoms with Crippen LogP contribution in [-0.4, -0.2) is 9.13 Å². The number of aromatic nitrogens is 2. The van der Waals surface area contributed by atoms with Crippen LogP contribution in [0.15, 0.2) is 28.1 Å². The molecule has 0 saturated heterocycles. The van der Waals surface area contributed by atoms with Crippen molar-refractivity contribution in [1.82, 2.24) is 9.13 Å². The Morgan fingerprint density at radius 2 is 0.800 bits per heavy atom. The fourth-order valence-corrected chi connectivity index (χ4v) is 3.82. The minimum Gasteiger partial charge on any atom is -0.277 e. The highest BCUT2D eigenvalue weighted by Crippen LogP contribution is 2.33. The van der Waals surface area contributed by atoms with Crippen LogP contribution in [0, 0.1) is 0 Å². The van der Waals surface area contributed by atoms with Gasteiger partial charge in [-0.3, -0.25) is 28.3 Å². The quantitative estimate of drug-likeness (QED) is 0.550. The molecule has 6 nitrogen and oxygen atoms in total. The number of hydrogen-bond acceptors (Lipinski definition) is 4. The van der Waals surface area contributed by atoms with Crippen molar-refractivity contribution < 1.29 is 0 Å². The second-order valence-electron chi connectivity index (χ2n) is 4.47. The van der Waals surface area contributed by atoms with Crippen LogP contribution in [0.5, 0.6) is 0 Å². The molecule has 0 unspecified atom stereocenters. The van der Waals surface area contributed by atoms with E-state index in [1.165, 1.54) is 14.1 Å². The highest BCUT2D eigenvalue weighted by Gasteiger charge is 2.25. The Labute approximate surface area is 127 Å². The van der Waals surface area contributed by atoms with Gasteiger partial charge in [-0.2, -0.15) is 0 Å². The fraction of sp³-hybridized carbons (Fsp3) is 0.167. The lowest BCUT2D eigenvalue weighted by molar-refractivity contribution is 0.854. The molecule has 8 heteroatoms.